The molecule has 0 aliphatic heterocycles. The van der Waals surface area contributed by atoms with Crippen LogP contribution in [0.4, 0.5) is 0 Å². The van der Waals surface area contributed by atoms with Crippen LogP contribution in [0.1, 0.15) is 161 Å². The fraction of sp³-hybridized carbons (Fsp3) is 0.926. The average Bonchev–Trinajstić information content (AvgIpc) is 2.73. The molecule has 31 heavy (non-hydrogen) atoms. The van der Waals surface area contributed by atoms with Gasteiger partial charge in [0.05, 0.1) is 0 Å². The van der Waals surface area contributed by atoms with Gasteiger partial charge in [-0.05, 0) is 12.8 Å². The molecule has 0 spiro atoms. The lowest BCUT2D eigenvalue weighted by molar-refractivity contribution is -0.137. The van der Waals surface area contributed by atoms with Gasteiger partial charge < -0.3 is 10.8 Å². The van der Waals surface area contributed by atoms with Gasteiger partial charge in [0.2, 0.25) is 5.91 Å². The summed E-state index contributed by atoms with van der Waals surface area (Å²) in [6, 6.07) is 0. The predicted molar refractivity (Wildman–Crippen MR) is 132 cm³/mol. The molecule has 0 saturated heterocycles. The number of carboxylic acid groups (broad SMARTS) is 1. The zero-order valence-electron chi connectivity index (χ0n) is 20.5. The Balaban J connectivity index is 3.02. The van der Waals surface area contributed by atoms with Gasteiger partial charge in [-0.15, -0.1) is 0 Å². The lowest BCUT2D eigenvalue weighted by Gasteiger charge is -2.04. The van der Waals surface area contributed by atoms with Crippen LogP contribution < -0.4 is 5.73 Å². The molecule has 0 aromatic heterocycles. The number of hydrogen-bond donors (Lipinski definition) is 2. The van der Waals surface area contributed by atoms with E-state index in [2.05, 4.69) is 0 Å². The Labute approximate surface area is 193 Å². The minimum absolute atomic E-state index is 0.161. The molecular weight excluding hydrogens is 386 g/mol. The number of amides is 1. The Morgan fingerprint density at radius 3 is 0.774 bits per heavy atom. The summed E-state index contributed by atoms with van der Waals surface area (Å²) in [6.07, 6.45) is 30.8. The largest absolute Gasteiger partial charge is 0.481 e. The topological polar surface area (TPSA) is 80.4 Å². The number of carbonyl (C=O) groups is 2. The molecule has 0 bridgehead atoms. The van der Waals surface area contributed by atoms with E-state index in [1.807, 2.05) is 0 Å². The van der Waals surface area contributed by atoms with Crippen LogP contribution in [0.25, 0.3) is 0 Å². The van der Waals surface area contributed by atoms with Crippen LogP contribution in [-0.2, 0) is 9.59 Å². The molecule has 0 unspecified atom stereocenters. The lowest BCUT2D eigenvalue weighted by atomic mass is 10.0. The summed E-state index contributed by atoms with van der Waals surface area (Å²) in [5.74, 6) is -0.820. The highest BCUT2D eigenvalue weighted by Crippen LogP contribution is 2.15. The molecule has 0 atom stereocenters. The quantitative estimate of drug-likeness (QED) is 0.133. The van der Waals surface area contributed by atoms with Crippen molar-refractivity contribution >= 4 is 11.9 Å². The SMILES string of the molecule is NC(=O)CCCCCCCCCCCCCCCCCCCCCCCCCC(=O)O. The van der Waals surface area contributed by atoms with Gasteiger partial charge in [0.15, 0.2) is 0 Å². The van der Waals surface area contributed by atoms with Crippen LogP contribution in [0.5, 0.6) is 0 Å². The molecule has 3 N–H and O–H groups in total. The highest BCUT2D eigenvalue weighted by molar-refractivity contribution is 5.73. The van der Waals surface area contributed by atoms with Crippen molar-refractivity contribution in [3.8, 4) is 0 Å². The molecule has 0 fully saturated rings. The molecule has 0 aliphatic carbocycles. The Morgan fingerprint density at radius 2 is 0.581 bits per heavy atom. The van der Waals surface area contributed by atoms with Gasteiger partial charge in [-0.2, -0.15) is 0 Å². The van der Waals surface area contributed by atoms with E-state index in [0.717, 1.165) is 25.7 Å². The maximum atomic E-state index is 10.6. The number of primary amides is 1. The van der Waals surface area contributed by atoms with Crippen molar-refractivity contribution in [1.29, 1.82) is 0 Å². The summed E-state index contributed by atoms with van der Waals surface area (Å²) >= 11 is 0. The lowest BCUT2D eigenvalue weighted by Crippen LogP contribution is -2.09. The van der Waals surface area contributed by atoms with Crippen molar-refractivity contribution in [3.05, 3.63) is 0 Å². The number of rotatable bonds is 26. The predicted octanol–water partition coefficient (Wildman–Crippen LogP) is 8.31. The first-order chi connectivity index (χ1) is 15.1. The molecule has 0 rings (SSSR count). The summed E-state index contributed by atoms with van der Waals surface area (Å²) in [4.78, 5) is 21.1. The van der Waals surface area contributed by atoms with Crippen molar-refractivity contribution in [2.75, 3.05) is 0 Å². The maximum absolute atomic E-state index is 10.6. The summed E-state index contributed by atoms with van der Waals surface area (Å²) in [5.41, 5.74) is 5.14. The first-order valence-corrected chi connectivity index (χ1v) is 13.6. The van der Waals surface area contributed by atoms with Crippen LogP contribution in [0.2, 0.25) is 0 Å². The molecule has 4 heteroatoms. The van der Waals surface area contributed by atoms with E-state index < -0.39 is 5.97 Å². The highest BCUT2D eigenvalue weighted by atomic mass is 16.4. The van der Waals surface area contributed by atoms with Crippen molar-refractivity contribution in [1.82, 2.24) is 0 Å². The highest BCUT2D eigenvalue weighted by Gasteiger charge is 1.98. The van der Waals surface area contributed by atoms with Crippen molar-refractivity contribution in [3.63, 3.8) is 0 Å². The number of aliphatic carboxylic acids is 1. The van der Waals surface area contributed by atoms with Gasteiger partial charge in [-0.3, -0.25) is 9.59 Å². The molecule has 0 aliphatic rings. The molecule has 184 valence electrons. The van der Waals surface area contributed by atoms with Gasteiger partial charge in [-0.1, -0.05) is 135 Å². The minimum atomic E-state index is -0.659. The Morgan fingerprint density at radius 1 is 0.387 bits per heavy atom. The normalized spacial score (nSPS) is 11.1. The molecular formula is C27H53NO3. The summed E-state index contributed by atoms with van der Waals surface area (Å²) in [6.45, 7) is 0. The van der Waals surface area contributed by atoms with Gasteiger partial charge in [0.25, 0.3) is 0 Å². The van der Waals surface area contributed by atoms with Crippen LogP contribution in [-0.4, -0.2) is 17.0 Å². The van der Waals surface area contributed by atoms with E-state index in [9.17, 15) is 9.59 Å². The van der Waals surface area contributed by atoms with Gasteiger partial charge >= 0.3 is 5.97 Å². The van der Waals surface area contributed by atoms with Crippen molar-refractivity contribution in [2.24, 2.45) is 5.73 Å². The number of carboxylic acids is 1. The molecule has 0 aromatic rings. The van der Waals surface area contributed by atoms with E-state index in [1.54, 1.807) is 0 Å². The van der Waals surface area contributed by atoms with Gasteiger partial charge in [0.1, 0.15) is 0 Å². The van der Waals surface area contributed by atoms with E-state index in [-0.39, 0.29) is 5.91 Å². The summed E-state index contributed by atoms with van der Waals surface area (Å²) in [5, 5.41) is 8.59. The van der Waals surface area contributed by atoms with Gasteiger partial charge in [-0.25, -0.2) is 0 Å². The van der Waals surface area contributed by atoms with Crippen LogP contribution in [0.3, 0.4) is 0 Å². The Kier molecular flexibility index (Phi) is 24.3. The third-order valence-corrected chi connectivity index (χ3v) is 6.31. The van der Waals surface area contributed by atoms with Crippen LogP contribution in [0, 0.1) is 0 Å². The Bertz CT molecular complexity index is 362. The minimum Gasteiger partial charge on any atom is -0.481 e. The van der Waals surface area contributed by atoms with Gasteiger partial charge in [0, 0.05) is 12.8 Å². The summed E-state index contributed by atoms with van der Waals surface area (Å²) in [7, 11) is 0. The van der Waals surface area contributed by atoms with Crippen molar-refractivity contribution < 1.29 is 14.7 Å². The first-order valence-electron chi connectivity index (χ1n) is 13.6. The average molecular weight is 440 g/mol. The first kappa shape index (κ1) is 29.9. The third kappa shape index (κ3) is 28.9. The number of carbonyl (C=O) groups excluding carboxylic acids is 1. The fourth-order valence-electron chi connectivity index (χ4n) is 4.29. The fourth-order valence-corrected chi connectivity index (χ4v) is 4.29. The molecule has 0 radical (unpaired) electrons. The maximum Gasteiger partial charge on any atom is 0.303 e. The number of nitrogens with two attached hydrogens (primary N) is 1. The van der Waals surface area contributed by atoms with Crippen LogP contribution in [0.15, 0.2) is 0 Å². The molecule has 4 nitrogen and oxygen atoms in total. The third-order valence-electron chi connectivity index (χ3n) is 6.31. The zero-order valence-corrected chi connectivity index (χ0v) is 20.5. The second-order valence-electron chi connectivity index (χ2n) is 9.49. The zero-order chi connectivity index (χ0) is 22.8. The van der Waals surface area contributed by atoms with E-state index in [0.29, 0.717) is 12.8 Å². The molecule has 0 saturated carbocycles. The van der Waals surface area contributed by atoms with Crippen molar-refractivity contribution in [2.45, 2.75) is 161 Å². The number of hydrogen-bond acceptors (Lipinski definition) is 2. The molecule has 0 aromatic carbocycles. The Hall–Kier alpha value is -1.06. The standard InChI is InChI=1S/C27H53NO3/c28-26(29)24-22-20-18-16-14-12-10-8-6-4-2-1-3-5-7-9-11-13-15-17-19-21-23-25-27(30)31/h1-25H2,(H2,28,29)(H,30,31). The number of unbranched alkanes of at least 4 members (excludes halogenated alkanes) is 22. The second kappa shape index (κ2) is 25.2. The smallest absolute Gasteiger partial charge is 0.303 e. The van der Waals surface area contributed by atoms with E-state index in [4.69, 9.17) is 10.8 Å². The van der Waals surface area contributed by atoms with E-state index >= 15 is 0 Å². The monoisotopic (exact) mass is 439 g/mol. The van der Waals surface area contributed by atoms with E-state index in [1.165, 1.54) is 122 Å². The second-order valence-corrected chi connectivity index (χ2v) is 9.49. The molecule has 0 heterocycles. The molecule has 1 amide bonds. The van der Waals surface area contributed by atoms with Crippen LogP contribution >= 0.6 is 0 Å². The summed E-state index contributed by atoms with van der Waals surface area (Å²) < 4.78 is 0.